The molecule has 1 aromatic carbocycles. The van der Waals surface area contributed by atoms with Crippen LogP contribution in [0.3, 0.4) is 0 Å². The molecule has 6 heteroatoms. The van der Waals surface area contributed by atoms with E-state index in [0.29, 0.717) is 0 Å². The second kappa shape index (κ2) is 6.39. The highest BCUT2D eigenvalue weighted by Crippen LogP contribution is 2.16. The van der Waals surface area contributed by atoms with Crippen LogP contribution in [0.25, 0.3) is 10.9 Å². The molecule has 3 N–H and O–H groups in total. The maximum Gasteiger partial charge on any atom is 0.323 e. The van der Waals surface area contributed by atoms with Crippen LogP contribution in [0, 0.1) is 0 Å². The predicted molar refractivity (Wildman–Crippen MR) is 77.8 cm³/mol. The zero-order chi connectivity index (χ0) is 14.5. The monoisotopic (exact) mass is 270 g/mol. The van der Waals surface area contributed by atoms with Gasteiger partial charge in [-0.15, -0.1) is 0 Å². The molecule has 0 spiro atoms. The van der Waals surface area contributed by atoms with Gasteiger partial charge < -0.3 is 15.5 Å². The van der Waals surface area contributed by atoms with Crippen LogP contribution in [0.5, 0.6) is 0 Å². The number of nitrogens with two attached hydrogens (primary N) is 1. The summed E-state index contributed by atoms with van der Waals surface area (Å²) in [7, 11) is 5.26. The number of hydrogen-bond donors (Lipinski definition) is 2. The van der Waals surface area contributed by atoms with E-state index in [2.05, 4.69) is 4.98 Å². The van der Waals surface area contributed by atoms with Gasteiger partial charge in [0.15, 0.2) is 0 Å². The van der Waals surface area contributed by atoms with Crippen molar-refractivity contribution >= 4 is 24.7 Å². The molecule has 2 rings (SSSR count). The molecule has 5 nitrogen and oxygen atoms in total. The number of carbonyl (C=O) groups excluding carboxylic acids is 1. The third-order valence-electron chi connectivity index (χ3n) is 2.94. The molecule has 2 radical (unpaired) electrons. The van der Waals surface area contributed by atoms with Gasteiger partial charge in [-0.1, -0.05) is 24.5 Å². The molecule has 0 bridgehead atoms. The van der Waals surface area contributed by atoms with Crippen LogP contribution in [0.1, 0.15) is 5.56 Å². The maximum atomic E-state index is 11.6. The Morgan fingerprint density at radius 1 is 1.40 bits per heavy atom. The molecular formula is C14H15BN2O3. The minimum absolute atomic E-state index is 0.142. The number of aromatic nitrogens is 1. The van der Waals surface area contributed by atoms with E-state index in [-0.39, 0.29) is 24.9 Å². The smallest absolute Gasteiger partial charge is 0.323 e. The molecule has 1 heterocycles. The first-order valence-electron chi connectivity index (χ1n) is 6.35. The van der Waals surface area contributed by atoms with Crippen molar-refractivity contribution in [2.75, 3.05) is 6.61 Å². The molecule has 0 amide bonds. The zero-order valence-electron chi connectivity index (χ0n) is 11.0. The van der Waals surface area contributed by atoms with Crippen molar-refractivity contribution in [1.29, 1.82) is 0 Å². The lowest BCUT2D eigenvalue weighted by atomic mass is 10.0. The summed E-state index contributed by atoms with van der Waals surface area (Å²) in [6.07, 6.45) is 0.500. The molecule has 0 saturated heterocycles. The Morgan fingerprint density at radius 2 is 2.15 bits per heavy atom. The molecule has 0 saturated carbocycles. The summed E-state index contributed by atoms with van der Waals surface area (Å²) in [5.41, 5.74) is 7.03. The van der Waals surface area contributed by atoms with E-state index in [4.69, 9.17) is 18.3 Å². The minimum Gasteiger partial charge on any atom is -0.465 e. The molecule has 1 aromatic heterocycles. The normalized spacial score (nSPS) is 12.2. The summed E-state index contributed by atoms with van der Waals surface area (Å²) in [5, 5.41) is 0.870. The average molecular weight is 270 g/mol. The number of H-pyrrole nitrogens is 1. The molecular weight excluding hydrogens is 255 g/mol. The molecule has 0 fully saturated rings. The van der Waals surface area contributed by atoms with Gasteiger partial charge in [-0.3, -0.25) is 9.59 Å². The highest BCUT2D eigenvalue weighted by molar-refractivity contribution is 6.08. The van der Waals surface area contributed by atoms with Crippen molar-refractivity contribution in [3.63, 3.8) is 0 Å². The van der Waals surface area contributed by atoms with Crippen LogP contribution in [0.2, 0.25) is 6.32 Å². The van der Waals surface area contributed by atoms with Gasteiger partial charge in [-0.05, 0) is 18.1 Å². The van der Waals surface area contributed by atoms with Crippen LogP contribution >= 0.6 is 0 Å². The molecule has 0 aliphatic rings. The number of hydrogen-bond acceptors (Lipinski definition) is 4. The summed E-state index contributed by atoms with van der Waals surface area (Å²) < 4.78 is 4.89. The van der Waals surface area contributed by atoms with Gasteiger partial charge >= 0.3 is 5.97 Å². The third-order valence-corrected chi connectivity index (χ3v) is 2.94. The van der Waals surface area contributed by atoms with Gasteiger partial charge in [0.2, 0.25) is 5.56 Å². The lowest BCUT2D eigenvalue weighted by Gasteiger charge is -2.12. The fourth-order valence-corrected chi connectivity index (χ4v) is 2.03. The second-order valence-electron chi connectivity index (χ2n) is 4.47. The van der Waals surface area contributed by atoms with E-state index in [9.17, 15) is 9.59 Å². The van der Waals surface area contributed by atoms with Gasteiger partial charge in [0.05, 0.1) is 14.5 Å². The Labute approximate surface area is 117 Å². The Hall–Kier alpha value is -2.08. The predicted octanol–water partition coefficient (Wildman–Crippen LogP) is 0.528. The van der Waals surface area contributed by atoms with E-state index in [1.807, 2.05) is 18.2 Å². The highest BCUT2D eigenvalue weighted by Gasteiger charge is 2.17. The topological polar surface area (TPSA) is 85.2 Å². The Kier molecular flexibility index (Phi) is 4.58. The summed E-state index contributed by atoms with van der Waals surface area (Å²) in [5.74, 6) is -0.514. The van der Waals surface area contributed by atoms with Crippen molar-refractivity contribution in [3.05, 3.63) is 46.2 Å². The summed E-state index contributed by atoms with van der Waals surface area (Å²) in [4.78, 5) is 26.0. The Morgan fingerprint density at radius 3 is 2.90 bits per heavy atom. The maximum absolute atomic E-state index is 11.6. The second-order valence-corrected chi connectivity index (χ2v) is 4.47. The standard InChI is InChI=1S/C14H15BN2O3/c15-5-6-20-14(19)11(16)7-9-8-13(18)17-12-4-2-1-3-10(9)12/h1-4,8,11H,5-7,16H2,(H,17,18). The average Bonchev–Trinajstić information content (AvgIpc) is 2.44. The lowest BCUT2D eigenvalue weighted by molar-refractivity contribution is -0.144. The van der Waals surface area contributed by atoms with E-state index < -0.39 is 12.0 Å². The lowest BCUT2D eigenvalue weighted by Crippen LogP contribution is -2.35. The van der Waals surface area contributed by atoms with E-state index in [1.54, 1.807) is 6.07 Å². The van der Waals surface area contributed by atoms with Crippen LogP contribution in [0.4, 0.5) is 0 Å². The van der Waals surface area contributed by atoms with Crippen molar-refractivity contribution in [2.24, 2.45) is 5.73 Å². The van der Waals surface area contributed by atoms with E-state index in [0.717, 1.165) is 16.5 Å². The number of rotatable bonds is 5. The van der Waals surface area contributed by atoms with Crippen molar-refractivity contribution in [1.82, 2.24) is 4.98 Å². The molecule has 1 atom stereocenters. The summed E-state index contributed by atoms with van der Waals surface area (Å²) >= 11 is 0. The molecule has 20 heavy (non-hydrogen) atoms. The molecule has 0 aliphatic heterocycles. The zero-order valence-corrected chi connectivity index (χ0v) is 11.0. The number of para-hydroxylation sites is 1. The number of pyridine rings is 1. The van der Waals surface area contributed by atoms with Crippen LogP contribution < -0.4 is 11.3 Å². The highest BCUT2D eigenvalue weighted by atomic mass is 16.5. The Balaban J connectivity index is 2.25. The number of fused-ring (bicyclic) bond motifs is 1. The van der Waals surface area contributed by atoms with Crippen molar-refractivity contribution in [2.45, 2.75) is 18.8 Å². The molecule has 1 unspecified atom stereocenters. The first-order valence-corrected chi connectivity index (χ1v) is 6.35. The first kappa shape index (κ1) is 14.3. The number of benzene rings is 1. The van der Waals surface area contributed by atoms with Crippen molar-refractivity contribution in [3.8, 4) is 0 Å². The number of aromatic amines is 1. The van der Waals surface area contributed by atoms with Gasteiger partial charge in [-0.25, -0.2) is 0 Å². The van der Waals surface area contributed by atoms with Gasteiger partial charge in [0.1, 0.15) is 6.04 Å². The molecule has 102 valence electrons. The SMILES string of the molecule is [B]CCOC(=O)C(N)Cc1cc(=O)[nH]c2ccccc12. The number of esters is 1. The minimum atomic E-state index is -0.813. The van der Waals surface area contributed by atoms with E-state index in [1.165, 1.54) is 6.07 Å². The first-order chi connectivity index (χ1) is 9.61. The molecule has 2 aromatic rings. The van der Waals surface area contributed by atoms with Crippen molar-refractivity contribution < 1.29 is 9.53 Å². The molecule has 0 aliphatic carbocycles. The largest absolute Gasteiger partial charge is 0.465 e. The quantitative estimate of drug-likeness (QED) is 0.613. The fraction of sp³-hybridized carbons (Fsp3) is 0.286. The van der Waals surface area contributed by atoms with E-state index >= 15 is 0 Å². The van der Waals surface area contributed by atoms with Crippen LogP contribution in [-0.2, 0) is 16.0 Å². The van der Waals surface area contributed by atoms with Crippen LogP contribution in [0.15, 0.2) is 35.1 Å². The fourth-order valence-electron chi connectivity index (χ4n) is 2.03. The van der Waals surface area contributed by atoms with Gasteiger partial charge in [-0.2, -0.15) is 0 Å². The number of nitrogens with one attached hydrogen (secondary N) is 1. The van der Waals surface area contributed by atoms with Gasteiger partial charge in [0.25, 0.3) is 0 Å². The third kappa shape index (κ3) is 3.27. The van der Waals surface area contributed by atoms with Gasteiger partial charge in [0, 0.05) is 17.0 Å². The van der Waals surface area contributed by atoms with Crippen LogP contribution in [-0.4, -0.2) is 31.4 Å². The number of carbonyl (C=O) groups is 1. The summed E-state index contributed by atoms with van der Waals surface area (Å²) in [6.45, 7) is 0.142. The number of ether oxygens (including phenoxy) is 1. The summed E-state index contributed by atoms with van der Waals surface area (Å²) in [6, 6.07) is 8.02. The Bertz CT molecular complexity index is 669.